The number of benzene rings is 1. The Balaban J connectivity index is 1.53. The van der Waals surface area contributed by atoms with Crippen LogP contribution in [0.25, 0.3) is 0 Å². The Kier molecular flexibility index (Phi) is 5.38. The molecule has 1 saturated heterocycles. The number of piperidine rings is 1. The van der Waals surface area contributed by atoms with E-state index in [9.17, 15) is 4.79 Å². The van der Waals surface area contributed by atoms with Gasteiger partial charge in [0.15, 0.2) is 0 Å². The summed E-state index contributed by atoms with van der Waals surface area (Å²) in [7, 11) is 1.39. The number of nitrogens with zero attached hydrogens (tertiary/aromatic N) is 3. The van der Waals surface area contributed by atoms with Crippen LogP contribution in [0.4, 0.5) is 5.95 Å². The van der Waals surface area contributed by atoms with Crippen molar-refractivity contribution in [3.05, 3.63) is 53.9 Å². The van der Waals surface area contributed by atoms with Gasteiger partial charge in [0.05, 0.1) is 12.7 Å². The van der Waals surface area contributed by atoms with Crippen molar-refractivity contribution in [3.8, 4) is 0 Å². The second kappa shape index (κ2) is 7.88. The summed E-state index contributed by atoms with van der Waals surface area (Å²) in [5.74, 6) is 0.492. The molecule has 1 unspecified atom stereocenters. The zero-order valence-corrected chi connectivity index (χ0v) is 13.8. The van der Waals surface area contributed by atoms with Crippen LogP contribution < -0.4 is 10.2 Å². The number of hydrogen-bond acceptors (Lipinski definition) is 6. The number of hydrogen-bond donors (Lipinski definition) is 1. The molecule has 1 fully saturated rings. The number of rotatable bonds is 5. The number of carbonyl (C=O) groups excluding carboxylic acids is 1. The van der Waals surface area contributed by atoms with Crippen LogP contribution in [0.5, 0.6) is 0 Å². The predicted molar refractivity (Wildman–Crippen MR) is 91.9 cm³/mol. The minimum atomic E-state index is -0.305. The Labute approximate surface area is 141 Å². The molecule has 1 atom stereocenters. The molecular formula is C18H22N4O2. The summed E-state index contributed by atoms with van der Waals surface area (Å²) in [6.07, 6.45) is 5.82. The molecule has 0 amide bonds. The topological polar surface area (TPSA) is 67.3 Å². The number of ether oxygens (including phenoxy) is 1. The van der Waals surface area contributed by atoms with E-state index in [1.807, 2.05) is 18.2 Å². The second-order valence-corrected chi connectivity index (χ2v) is 5.90. The van der Waals surface area contributed by atoms with E-state index < -0.39 is 0 Å². The monoisotopic (exact) mass is 326 g/mol. The summed E-state index contributed by atoms with van der Waals surface area (Å²) in [5, 5.41) is 3.59. The Morgan fingerprint density at radius 1 is 1.29 bits per heavy atom. The maximum Gasteiger partial charge on any atom is 0.337 e. The van der Waals surface area contributed by atoms with Crippen molar-refractivity contribution < 1.29 is 9.53 Å². The third-order valence-electron chi connectivity index (χ3n) is 4.23. The van der Waals surface area contributed by atoms with Crippen LogP contribution in [0.1, 0.15) is 28.8 Å². The molecule has 6 nitrogen and oxygen atoms in total. The quantitative estimate of drug-likeness (QED) is 0.848. The lowest BCUT2D eigenvalue weighted by Gasteiger charge is -2.33. The number of nitrogens with one attached hydrogen (secondary N) is 1. The van der Waals surface area contributed by atoms with Gasteiger partial charge in [-0.15, -0.1) is 0 Å². The van der Waals surface area contributed by atoms with E-state index in [0.29, 0.717) is 11.6 Å². The van der Waals surface area contributed by atoms with Gasteiger partial charge in [0, 0.05) is 38.1 Å². The molecule has 0 radical (unpaired) electrons. The summed E-state index contributed by atoms with van der Waals surface area (Å²) < 4.78 is 4.71. The molecule has 3 rings (SSSR count). The van der Waals surface area contributed by atoms with Crippen LogP contribution in [-0.2, 0) is 11.3 Å². The first-order valence-electron chi connectivity index (χ1n) is 8.19. The average molecular weight is 326 g/mol. The molecule has 2 aromatic rings. The fraction of sp³-hybridized carbons (Fsp3) is 0.389. The summed E-state index contributed by atoms with van der Waals surface area (Å²) >= 11 is 0. The molecule has 126 valence electrons. The Morgan fingerprint density at radius 3 is 2.75 bits per heavy atom. The van der Waals surface area contributed by atoms with Crippen molar-refractivity contribution in [2.75, 3.05) is 25.1 Å². The number of aromatic nitrogens is 2. The van der Waals surface area contributed by atoms with Gasteiger partial charge in [-0.05, 0) is 36.6 Å². The van der Waals surface area contributed by atoms with Gasteiger partial charge in [-0.2, -0.15) is 0 Å². The van der Waals surface area contributed by atoms with Gasteiger partial charge in [0.2, 0.25) is 5.95 Å². The number of methoxy groups -OCH3 is 1. The first-order valence-corrected chi connectivity index (χ1v) is 8.19. The van der Waals surface area contributed by atoms with Gasteiger partial charge in [-0.3, -0.25) is 0 Å². The van der Waals surface area contributed by atoms with Crippen molar-refractivity contribution in [1.29, 1.82) is 0 Å². The Bertz CT molecular complexity index is 660. The second-order valence-electron chi connectivity index (χ2n) is 5.90. The van der Waals surface area contributed by atoms with Gasteiger partial charge in [0.25, 0.3) is 0 Å². The highest BCUT2D eigenvalue weighted by molar-refractivity contribution is 5.89. The molecule has 1 aromatic heterocycles. The molecule has 24 heavy (non-hydrogen) atoms. The zero-order chi connectivity index (χ0) is 16.8. The van der Waals surface area contributed by atoms with E-state index in [1.165, 1.54) is 7.11 Å². The van der Waals surface area contributed by atoms with E-state index in [0.717, 1.165) is 44.0 Å². The summed E-state index contributed by atoms with van der Waals surface area (Å²) in [6, 6.07) is 9.76. The number of anilines is 1. The fourth-order valence-electron chi connectivity index (χ4n) is 2.92. The Hall–Kier alpha value is -2.47. The lowest BCUT2D eigenvalue weighted by molar-refractivity contribution is 0.0600. The number of carbonyl (C=O) groups is 1. The van der Waals surface area contributed by atoms with Gasteiger partial charge in [-0.1, -0.05) is 12.1 Å². The third-order valence-corrected chi connectivity index (χ3v) is 4.23. The van der Waals surface area contributed by atoms with Crippen molar-refractivity contribution in [2.24, 2.45) is 0 Å². The minimum Gasteiger partial charge on any atom is -0.465 e. The van der Waals surface area contributed by atoms with E-state index in [2.05, 4.69) is 20.2 Å². The van der Waals surface area contributed by atoms with Crippen molar-refractivity contribution in [1.82, 2.24) is 15.3 Å². The first kappa shape index (κ1) is 16.4. The molecular weight excluding hydrogens is 304 g/mol. The molecule has 1 N–H and O–H groups in total. The van der Waals surface area contributed by atoms with Crippen molar-refractivity contribution in [2.45, 2.75) is 25.4 Å². The maximum absolute atomic E-state index is 11.4. The van der Waals surface area contributed by atoms with Crippen molar-refractivity contribution in [3.63, 3.8) is 0 Å². The normalized spacial score (nSPS) is 17.5. The van der Waals surface area contributed by atoms with Crippen molar-refractivity contribution >= 4 is 11.9 Å². The lowest BCUT2D eigenvalue weighted by atomic mass is 10.1. The first-order chi connectivity index (χ1) is 11.8. The van der Waals surface area contributed by atoms with Gasteiger partial charge >= 0.3 is 5.97 Å². The highest BCUT2D eigenvalue weighted by atomic mass is 16.5. The van der Waals surface area contributed by atoms with Gasteiger partial charge < -0.3 is 15.0 Å². The van der Waals surface area contributed by atoms with E-state index in [4.69, 9.17) is 4.74 Å². The molecule has 1 aromatic carbocycles. The van der Waals surface area contributed by atoms with Crippen LogP contribution in [0.2, 0.25) is 0 Å². The molecule has 0 aliphatic carbocycles. The van der Waals surface area contributed by atoms with Crippen LogP contribution in [0.3, 0.4) is 0 Å². The summed E-state index contributed by atoms with van der Waals surface area (Å²) in [5.41, 5.74) is 1.72. The maximum atomic E-state index is 11.4. The minimum absolute atomic E-state index is 0.305. The van der Waals surface area contributed by atoms with E-state index >= 15 is 0 Å². The molecule has 6 heteroatoms. The molecule has 1 aliphatic heterocycles. The predicted octanol–water partition coefficient (Wildman–Crippen LogP) is 2.02. The van der Waals surface area contributed by atoms with Gasteiger partial charge in [-0.25, -0.2) is 14.8 Å². The van der Waals surface area contributed by atoms with Crippen LogP contribution >= 0.6 is 0 Å². The summed E-state index contributed by atoms with van der Waals surface area (Å²) in [4.78, 5) is 22.3. The van der Waals surface area contributed by atoms with E-state index in [1.54, 1.807) is 24.5 Å². The van der Waals surface area contributed by atoms with Crippen LogP contribution in [0, 0.1) is 0 Å². The van der Waals surface area contributed by atoms with Crippen LogP contribution in [-0.4, -0.2) is 42.2 Å². The Morgan fingerprint density at radius 2 is 2.04 bits per heavy atom. The zero-order valence-electron chi connectivity index (χ0n) is 13.8. The van der Waals surface area contributed by atoms with Crippen LogP contribution in [0.15, 0.2) is 42.7 Å². The molecule has 0 spiro atoms. The largest absolute Gasteiger partial charge is 0.465 e. The average Bonchev–Trinajstić information content (AvgIpc) is 2.67. The highest BCUT2D eigenvalue weighted by Crippen LogP contribution is 2.16. The fourth-order valence-corrected chi connectivity index (χ4v) is 2.92. The van der Waals surface area contributed by atoms with E-state index in [-0.39, 0.29) is 5.97 Å². The summed E-state index contributed by atoms with van der Waals surface area (Å²) in [6.45, 7) is 2.68. The SMILES string of the molecule is COC(=O)c1ccc(CNC2CCCN(c3ncccn3)C2)cc1. The molecule has 1 aliphatic rings. The standard InChI is InChI=1S/C18H22N4O2/c1-24-17(23)15-7-5-14(6-8-15)12-21-16-4-2-11-22(13-16)18-19-9-3-10-20-18/h3,5-10,16,21H,2,4,11-13H2,1H3. The highest BCUT2D eigenvalue weighted by Gasteiger charge is 2.21. The third kappa shape index (κ3) is 4.08. The smallest absolute Gasteiger partial charge is 0.337 e. The molecule has 0 bridgehead atoms. The molecule has 0 saturated carbocycles. The molecule has 2 heterocycles. The lowest BCUT2D eigenvalue weighted by Crippen LogP contribution is -2.46. The van der Waals surface area contributed by atoms with Gasteiger partial charge in [0.1, 0.15) is 0 Å². The number of esters is 1.